The maximum absolute atomic E-state index is 10.4. The molecule has 19 heavy (non-hydrogen) atoms. The molecule has 1 aromatic heterocycles. The Morgan fingerprint density at radius 3 is 2.63 bits per heavy atom. The molecule has 1 heterocycles. The van der Waals surface area contributed by atoms with Gasteiger partial charge in [0.2, 0.25) is 0 Å². The van der Waals surface area contributed by atoms with Crippen LogP contribution in [0.1, 0.15) is 37.3 Å². The Morgan fingerprint density at radius 1 is 1.26 bits per heavy atom. The highest BCUT2D eigenvalue weighted by atomic mass is 32.2. The van der Waals surface area contributed by atoms with Crippen LogP contribution in [-0.4, -0.2) is 21.1 Å². The van der Waals surface area contributed by atoms with Gasteiger partial charge in [-0.3, -0.25) is 4.68 Å². The average Bonchev–Trinajstić information content (AvgIpc) is 2.87. The highest BCUT2D eigenvalue weighted by Crippen LogP contribution is 2.27. The summed E-state index contributed by atoms with van der Waals surface area (Å²) in [5, 5.41) is 14.9. The zero-order valence-electron chi connectivity index (χ0n) is 11.6. The van der Waals surface area contributed by atoms with E-state index in [1.165, 1.54) is 0 Å². The summed E-state index contributed by atoms with van der Waals surface area (Å²) in [4.78, 5) is 1.12. The first kappa shape index (κ1) is 14.2. The number of rotatable bonds is 5. The van der Waals surface area contributed by atoms with E-state index in [9.17, 15) is 5.11 Å². The van der Waals surface area contributed by atoms with Gasteiger partial charge in [0.25, 0.3) is 0 Å². The molecule has 0 amide bonds. The van der Waals surface area contributed by atoms with Crippen LogP contribution in [0.3, 0.4) is 0 Å². The molecule has 0 spiro atoms. The lowest BCUT2D eigenvalue weighted by Crippen LogP contribution is -2.06. The van der Waals surface area contributed by atoms with E-state index in [2.05, 4.69) is 18.9 Å². The van der Waals surface area contributed by atoms with E-state index in [1.807, 2.05) is 47.5 Å². The van der Waals surface area contributed by atoms with Crippen molar-refractivity contribution in [2.24, 2.45) is 0 Å². The van der Waals surface area contributed by atoms with E-state index >= 15 is 0 Å². The molecule has 102 valence electrons. The van der Waals surface area contributed by atoms with Crippen molar-refractivity contribution < 1.29 is 5.11 Å². The van der Waals surface area contributed by atoms with E-state index in [4.69, 9.17) is 0 Å². The molecule has 0 radical (unpaired) electrons. The van der Waals surface area contributed by atoms with Gasteiger partial charge in [-0.2, -0.15) is 5.10 Å². The van der Waals surface area contributed by atoms with Gasteiger partial charge >= 0.3 is 0 Å². The Hall–Kier alpha value is -1.26. The quantitative estimate of drug-likeness (QED) is 0.850. The van der Waals surface area contributed by atoms with Crippen LogP contribution < -0.4 is 0 Å². The fraction of sp³-hybridized carbons (Fsp3) is 0.400. The third-order valence-electron chi connectivity index (χ3n) is 3.09. The molecule has 0 fully saturated rings. The molecule has 1 atom stereocenters. The molecule has 0 aliphatic heterocycles. The van der Waals surface area contributed by atoms with E-state index in [0.29, 0.717) is 12.5 Å². The van der Waals surface area contributed by atoms with E-state index in [0.717, 1.165) is 16.2 Å². The highest BCUT2D eigenvalue weighted by Gasteiger charge is 2.14. The van der Waals surface area contributed by atoms with Crippen molar-refractivity contribution in [3.63, 3.8) is 0 Å². The fourth-order valence-corrected chi connectivity index (χ4v) is 2.68. The fourth-order valence-electron chi connectivity index (χ4n) is 2.02. The average molecular weight is 276 g/mol. The molecule has 0 bridgehead atoms. The van der Waals surface area contributed by atoms with Crippen LogP contribution in [0.4, 0.5) is 0 Å². The van der Waals surface area contributed by atoms with Gasteiger partial charge < -0.3 is 5.11 Å². The summed E-state index contributed by atoms with van der Waals surface area (Å²) >= 11 is 1.66. The summed E-state index contributed by atoms with van der Waals surface area (Å²) in [5.41, 5.74) is 1.91. The summed E-state index contributed by atoms with van der Waals surface area (Å²) in [6, 6.07) is 10.3. The Morgan fingerprint density at radius 2 is 2.00 bits per heavy atom. The standard InChI is InChI=1S/C15H20N2OS/c1-11(2)17-9-8-12(16-17)10-14(18)13-6-4-5-7-15(13)19-3/h4-9,11,14,18H,10H2,1-3H3. The minimum atomic E-state index is -0.501. The van der Waals surface area contributed by atoms with E-state index < -0.39 is 6.10 Å². The predicted molar refractivity (Wildman–Crippen MR) is 79.5 cm³/mol. The number of nitrogens with zero attached hydrogens (tertiary/aromatic N) is 2. The first-order chi connectivity index (χ1) is 9.11. The molecule has 3 nitrogen and oxygen atoms in total. The molecule has 0 aliphatic rings. The molecular weight excluding hydrogens is 256 g/mol. The summed E-state index contributed by atoms with van der Waals surface area (Å²) < 4.78 is 1.92. The maximum atomic E-state index is 10.4. The third kappa shape index (κ3) is 3.39. The second-order valence-corrected chi connectivity index (χ2v) is 5.69. The van der Waals surface area contributed by atoms with Crippen molar-refractivity contribution in [2.45, 2.75) is 37.3 Å². The van der Waals surface area contributed by atoms with Crippen LogP contribution in [0.5, 0.6) is 0 Å². The lowest BCUT2D eigenvalue weighted by Gasteiger charge is -2.13. The molecule has 0 saturated heterocycles. The van der Waals surface area contributed by atoms with Gasteiger partial charge in [-0.15, -0.1) is 11.8 Å². The van der Waals surface area contributed by atoms with Crippen molar-refractivity contribution in [1.82, 2.24) is 9.78 Å². The van der Waals surface area contributed by atoms with E-state index in [1.54, 1.807) is 11.8 Å². The maximum Gasteiger partial charge on any atom is 0.0856 e. The second-order valence-electron chi connectivity index (χ2n) is 4.84. The van der Waals surface area contributed by atoms with Gasteiger partial charge in [-0.05, 0) is 37.8 Å². The van der Waals surface area contributed by atoms with Gasteiger partial charge in [-0.1, -0.05) is 18.2 Å². The van der Waals surface area contributed by atoms with Crippen LogP contribution >= 0.6 is 11.8 Å². The predicted octanol–water partition coefficient (Wildman–Crippen LogP) is 3.46. The van der Waals surface area contributed by atoms with Gasteiger partial charge in [0.1, 0.15) is 0 Å². The first-order valence-corrected chi connectivity index (χ1v) is 7.69. The Labute approximate surface area is 118 Å². The number of hydrogen-bond donors (Lipinski definition) is 1. The number of thioether (sulfide) groups is 1. The number of hydrogen-bond acceptors (Lipinski definition) is 3. The molecular formula is C15H20N2OS. The normalized spacial score (nSPS) is 12.9. The van der Waals surface area contributed by atoms with Gasteiger partial charge in [0.05, 0.1) is 11.8 Å². The number of aromatic nitrogens is 2. The Bertz CT molecular complexity index is 536. The number of aliphatic hydroxyl groups is 1. The molecule has 1 N–H and O–H groups in total. The third-order valence-corrected chi connectivity index (χ3v) is 3.90. The van der Waals surface area contributed by atoms with Gasteiger partial charge in [0, 0.05) is 23.6 Å². The highest BCUT2D eigenvalue weighted by molar-refractivity contribution is 7.98. The van der Waals surface area contributed by atoms with Crippen LogP contribution in [0.25, 0.3) is 0 Å². The molecule has 2 aromatic rings. The van der Waals surface area contributed by atoms with Crippen LogP contribution in [0, 0.1) is 0 Å². The van der Waals surface area contributed by atoms with Gasteiger partial charge in [-0.25, -0.2) is 0 Å². The zero-order chi connectivity index (χ0) is 13.8. The van der Waals surface area contributed by atoms with Crippen molar-refractivity contribution in [2.75, 3.05) is 6.26 Å². The van der Waals surface area contributed by atoms with Crippen molar-refractivity contribution in [3.05, 3.63) is 47.8 Å². The Balaban J connectivity index is 2.13. The second kappa shape index (κ2) is 6.26. The molecule has 0 aliphatic carbocycles. The first-order valence-electron chi connectivity index (χ1n) is 6.47. The lowest BCUT2D eigenvalue weighted by atomic mass is 10.1. The SMILES string of the molecule is CSc1ccccc1C(O)Cc1ccn(C(C)C)n1. The van der Waals surface area contributed by atoms with Crippen molar-refractivity contribution >= 4 is 11.8 Å². The topological polar surface area (TPSA) is 38.0 Å². The monoisotopic (exact) mass is 276 g/mol. The minimum Gasteiger partial charge on any atom is -0.388 e. The zero-order valence-corrected chi connectivity index (χ0v) is 12.4. The largest absolute Gasteiger partial charge is 0.388 e. The summed E-state index contributed by atoms with van der Waals surface area (Å²) in [6.45, 7) is 4.19. The molecule has 2 rings (SSSR count). The molecule has 1 unspecified atom stereocenters. The lowest BCUT2D eigenvalue weighted by molar-refractivity contribution is 0.174. The van der Waals surface area contributed by atoms with Crippen LogP contribution in [-0.2, 0) is 6.42 Å². The van der Waals surface area contributed by atoms with E-state index in [-0.39, 0.29) is 0 Å². The summed E-state index contributed by atoms with van der Waals surface area (Å²) in [5.74, 6) is 0. The molecule has 4 heteroatoms. The van der Waals surface area contributed by atoms with Gasteiger partial charge in [0.15, 0.2) is 0 Å². The summed E-state index contributed by atoms with van der Waals surface area (Å²) in [6.07, 6.45) is 4.04. The number of aliphatic hydroxyl groups excluding tert-OH is 1. The molecule has 0 saturated carbocycles. The smallest absolute Gasteiger partial charge is 0.0856 e. The minimum absolute atomic E-state index is 0.351. The molecule has 1 aromatic carbocycles. The van der Waals surface area contributed by atoms with Crippen molar-refractivity contribution in [1.29, 1.82) is 0 Å². The Kier molecular flexibility index (Phi) is 4.66. The van der Waals surface area contributed by atoms with Crippen LogP contribution in [0.2, 0.25) is 0 Å². The number of benzene rings is 1. The van der Waals surface area contributed by atoms with Crippen molar-refractivity contribution in [3.8, 4) is 0 Å². The summed E-state index contributed by atoms with van der Waals surface area (Å²) in [7, 11) is 0. The van der Waals surface area contributed by atoms with Crippen LogP contribution in [0.15, 0.2) is 41.4 Å².